The van der Waals surface area contributed by atoms with Crippen LogP contribution in [0.1, 0.15) is 18.9 Å². The Balaban J connectivity index is 2.72. The number of hydrogen-bond donors (Lipinski definition) is 1. The van der Waals surface area contributed by atoms with E-state index in [1.807, 2.05) is 0 Å². The van der Waals surface area contributed by atoms with Gasteiger partial charge >= 0.3 is 5.97 Å². The van der Waals surface area contributed by atoms with Gasteiger partial charge in [-0.05, 0) is 24.0 Å². The SMILES string of the molecule is CC(CC(=O)O)Cc1cccc(Cl)c1F. The Hall–Kier alpha value is -1.09. The van der Waals surface area contributed by atoms with Crippen LogP contribution < -0.4 is 0 Å². The molecule has 0 saturated carbocycles. The molecule has 1 aromatic rings. The molecule has 0 amide bonds. The minimum absolute atomic E-state index is 0.0337. The minimum atomic E-state index is -0.870. The molecule has 0 aliphatic rings. The maximum absolute atomic E-state index is 13.4. The summed E-state index contributed by atoms with van der Waals surface area (Å²) in [6.07, 6.45) is 0.421. The molecule has 0 aliphatic carbocycles. The quantitative estimate of drug-likeness (QED) is 0.863. The molecule has 0 aliphatic heterocycles. The van der Waals surface area contributed by atoms with Gasteiger partial charge in [-0.15, -0.1) is 0 Å². The van der Waals surface area contributed by atoms with Crippen LogP contribution in [0, 0.1) is 11.7 Å². The van der Waals surface area contributed by atoms with E-state index in [-0.39, 0.29) is 17.4 Å². The first-order valence-electron chi connectivity index (χ1n) is 4.65. The average Bonchev–Trinajstić information content (AvgIpc) is 2.11. The van der Waals surface area contributed by atoms with Crippen LogP contribution in [-0.4, -0.2) is 11.1 Å². The first-order valence-corrected chi connectivity index (χ1v) is 5.03. The molecule has 82 valence electrons. The Morgan fingerprint density at radius 3 is 2.87 bits per heavy atom. The fourth-order valence-corrected chi connectivity index (χ4v) is 1.65. The fourth-order valence-electron chi connectivity index (χ4n) is 1.45. The van der Waals surface area contributed by atoms with E-state index < -0.39 is 11.8 Å². The fraction of sp³-hybridized carbons (Fsp3) is 0.364. The third-order valence-corrected chi connectivity index (χ3v) is 2.41. The number of benzene rings is 1. The summed E-state index contributed by atoms with van der Waals surface area (Å²) >= 11 is 5.61. The van der Waals surface area contributed by atoms with Gasteiger partial charge in [-0.1, -0.05) is 30.7 Å². The molecule has 15 heavy (non-hydrogen) atoms. The van der Waals surface area contributed by atoms with Gasteiger partial charge < -0.3 is 5.11 Å². The van der Waals surface area contributed by atoms with E-state index in [1.165, 1.54) is 6.07 Å². The first kappa shape index (κ1) is 12.0. The average molecular weight is 231 g/mol. The predicted octanol–water partition coefficient (Wildman–Crippen LogP) is 3.13. The molecule has 0 heterocycles. The Kier molecular flexibility index (Phi) is 4.09. The molecule has 0 radical (unpaired) electrons. The maximum atomic E-state index is 13.4. The highest BCUT2D eigenvalue weighted by molar-refractivity contribution is 6.30. The normalized spacial score (nSPS) is 12.5. The van der Waals surface area contributed by atoms with Gasteiger partial charge in [0, 0.05) is 6.42 Å². The molecule has 0 saturated heterocycles. The number of aliphatic carboxylic acids is 1. The second kappa shape index (κ2) is 5.12. The largest absolute Gasteiger partial charge is 0.481 e. The highest BCUT2D eigenvalue weighted by Gasteiger charge is 2.12. The van der Waals surface area contributed by atoms with Crippen molar-refractivity contribution in [2.75, 3.05) is 0 Å². The summed E-state index contributed by atoms with van der Waals surface area (Å²) in [7, 11) is 0. The molecule has 2 nitrogen and oxygen atoms in total. The molecular formula is C11H12ClFO2. The summed E-state index contributed by atoms with van der Waals surface area (Å²) < 4.78 is 13.4. The first-order chi connectivity index (χ1) is 7.00. The summed E-state index contributed by atoms with van der Waals surface area (Å²) in [6, 6.07) is 4.76. The van der Waals surface area contributed by atoms with Crippen LogP contribution in [0.15, 0.2) is 18.2 Å². The molecule has 1 rings (SSSR count). The zero-order valence-electron chi connectivity index (χ0n) is 8.34. The Bertz CT molecular complexity index is 366. The summed E-state index contributed by atoms with van der Waals surface area (Å²) in [4.78, 5) is 10.4. The number of halogens is 2. The van der Waals surface area contributed by atoms with Crippen molar-refractivity contribution < 1.29 is 14.3 Å². The van der Waals surface area contributed by atoms with E-state index in [4.69, 9.17) is 16.7 Å². The Morgan fingerprint density at radius 1 is 1.60 bits per heavy atom. The molecule has 0 spiro atoms. The second-order valence-corrected chi connectivity index (χ2v) is 4.03. The monoisotopic (exact) mass is 230 g/mol. The molecule has 1 unspecified atom stereocenters. The van der Waals surface area contributed by atoms with E-state index in [2.05, 4.69) is 0 Å². The molecule has 1 atom stereocenters. The van der Waals surface area contributed by atoms with E-state index in [9.17, 15) is 9.18 Å². The van der Waals surface area contributed by atoms with Gasteiger partial charge in [-0.2, -0.15) is 0 Å². The number of carboxylic acids is 1. The van der Waals surface area contributed by atoms with Crippen LogP contribution in [0.3, 0.4) is 0 Å². The van der Waals surface area contributed by atoms with Gasteiger partial charge in [0.05, 0.1) is 5.02 Å². The molecular weight excluding hydrogens is 219 g/mol. The zero-order chi connectivity index (χ0) is 11.4. The van der Waals surface area contributed by atoms with Gasteiger partial charge in [-0.25, -0.2) is 4.39 Å². The van der Waals surface area contributed by atoms with Crippen LogP contribution in [0.4, 0.5) is 4.39 Å². The lowest BCUT2D eigenvalue weighted by Gasteiger charge is -2.09. The van der Waals surface area contributed by atoms with Crippen molar-refractivity contribution in [1.29, 1.82) is 0 Å². The summed E-state index contributed by atoms with van der Waals surface area (Å²) in [5.41, 5.74) is 0.469. The van der Waals surface area contributed by atoms with Gasteiger partial charge in [0.2, 0.25) is 0 Å². The maximum Gasteiger partial charge on any atom is 0.303 e. The summed E-state index contributed by atoms with van der Waals surface area (Å²) in [5.74, 6) is -1.42. The molecule has 0 fully saturated rings. The van der Waals surface area contributed by atoms with Crippen LogP contribution in [0.5, 0.6) is 0 Å². The lowest BCUT2D eigenvalue weighted by atomic mass is 9.98. The Labute approximate surface area is 92.7 Å². The third-order valence-electron chi connectivity index (χ3n) is 2.12. The van der Waals surface area contributed by atoms with Crippen molar-refractivity contribution in [3.05, 3.63) is 34.6 Å². The minimum Gasteiger partial charge on any atom is -0.481 e. The standard InChI is InChI=1S/C11H12ClFO2/c1-7(6-10(14)15)5-8-3-2-4-9(12)11(8)13/h2-4,7H,5-6H2,1H3,(H,14,15). The smallest absolute Gasteiger partial charge is 0.303 e. The summed E-state index contributed by atoms with van der Waals surface area (Å²) in [6.45, 7) is 1.77. The van der Waals surface area contributed by atoms with Crippen molar-refractivity contribution in [3.63, 3.8) is 0 Å². The third kappa shape index (κ3) is 3.51. The number of carboxylic acid groups (broad SMARTS) is 1. The van der Waals surface area contributed by atoms with E-state index >= 15 is 0 Å². The zero-order valence-corrected chi connectivity index (χ0v) is 9.09. The summed E-state index contributed by atoms with van der Waals surface area (Å²) in [5, 5.41) is 8.64. The highest BCUT2D eigenvalue weighted by atomic mass is 35.5. The van der Waals surface area contributed by atoms with Gasteiger partial charge in [0.25, 0.3) is 0 Å². The van der Waals surface area contributed by atoms with Gasteiger partial charge in [-0.3, -0.25) is 4.79 Å². The molecule has 4 heteroatoms. The topological polar surface area (TPSA) is 37.3 Å². The molecule has 0 aromatic heterocycles. The van der Waals surface area contributed by atoms with Crippen LogP contribution in [0.25, 0.3) is 0 Å². The van der Waals surface area contributed by atoms with Crippen molar-refractivity contribution in [3.8, 4) is 0 Å². The second-order valence-electron chi connectivity index (χ2n) is 3.62. The van der Waals surface area contributed by atoms with E-state index in [1.54, 1.807) is 19.1 Å². The molecule has 1 aromatic carbocycles. The van der Waals surface area contributed by atoms with Gasteiger partial charge in [0.1, 0.15) is 5.82 Å². The van der Waals surface area contributed by atoms with Crippen molar-refractivity contribution in [2.45, 2.75) is 19.8 Å². The Morgan fingerprint density at radius 2 is 2.27 bits per heavy atom. The van der Waals surface area contributed by atoms with Crippen LogP contribution >= 0.6 is 11.6 Å². The van der Waals surface area contributed by atoms with Crippen molar-refractivity contribution in [2.24, 2.45) is 5.92 Å². The predicted molar refractivity (Wildman–Crippen MR) is 56.5 cm³/mol. The van der Waals surface area contributed by atoms with Crippen molar-refractivity contribution >= 4 is 17.6 Å². The number of hydrogen-bond acceptors (Lipinski definition) is 1. The number of rotatable bonds is 4. The lowest BCUT2D eigenvalue weighted by molar-refractivity contribution is -0.137. The number of carbonyl (C=O) groups is 1. The van der Waals surface area contributed by atoms with Crippen LogP contribution in [0.2, 0.25) is 5.02 Å². The molecule has 0 bridgehead atoms. The van der Waals surface area contributed by atoms with Gasteiger partial charge in [0.15, 0.2) is 0 Å². The van der Waals surface area contributed by atoms with E-state index in [0.29, 0.717) is 12.0 Å². The van der Waals surface area contributed by atoms with Crippen molar-refractivity contribution in [1.82, 2.24) is 0 Å². The highest BCUT2D eigenvalue weighted by Crippen LogP contribution is 2.21. The molecule has 1 N–H and O–H groups in total. The lowest BCUT2D eigenvalue weighted by Crippen LogP contribution is -2.08. The van der Waals surface area contributed by atoms with E-state index in [0.717, 1.165) is 0 Å². The van der Waals surface area contributed by atoms with Crippen LogP contribution in [-0.2, 0) is 11.2 Å².